The van der Waals surface area contributed by atoms with Gasteiger partial charge in [-0.1, -0.05) is 49.7 Å². The van der Waals surface area contributed by atoms with E-state index in [0.717, 1.165) is 29.5 Å². The number of rotatable bonds is 4. The van der Waals surface area contributed by atoms with Crippen LogP contribution < -0.4 is 10.5 Å². The minimum atomic E-state index is -0.738. The van der Waals surface area contributed by atoms with Gasteiger partial charge < -0.3 is 15.2 Å². The number of benzene rings is 2. The maximum absolute atomic E-state index is 11.4. The molecular weight excluding hydrogens is 362 g/mol. The molecule has 0 bridgehead atoms. The van der Waals surface area contributed by atoms with E-state index in [4.69, 9.17) is 26.8 Å². The van der Waals surface area contributed by atoms with Crippen LogP contribution in [-0.4, -0.2) is 12.2 Å². The molecule has 1 atom stereocenters. The van der Waals surface area contributed by atoms with Crippen molar-refractivity contribution in [1.29, 1.82) is 0 Å². The van der Waals surface area contributed by atoms with Gasteiger partial charge in [0.15, 0.2) is 0 Å². The standard InChI is InChI=1S/C22H26ClNO3/c1-13(2)26-19-8-6-15(12-18(19)23)14-5-7-17-16(11-14)9-10-22(3,4)20(17)27-21(24)25/h5-8,11-13,20H,9-10H2,1-4H3,(H2,24,25)/t20-/m0/s1. The Labute approximate surface area is 165 Å². The summed E-state index contributed by atoms with van der Waals surface area (Å²) >= 11 is 6.39. The molecule has 144 valence electrons. The summed E-state index contributed by atoms with van der Waals surface area (Å²) in [7, 11) is 0. The van der Waals surface area contributed by atoms with E-state index < -0.39 is 6.09 Å². The van der Waals surface area contributed by atoms with Crippen molar-refractivity contribution in [3.05, 3.63) is 52.5 Å². The van der Waals surface area contributed by atoms with Crippen LogP contribution in [0.1, 0.15) is 51.3 Å². The largest absolute Gasteiger partial charge is 0.489 e. The van der Waals surface area contributed by atoms with Crippen molar-refractivity contribution in [3.8, 4) is 16.9 Å². The van der Waals surface area contributed by atoms with Crippen LogP contribution in [0, 0.1) is 5.41 Å². The summed E-state index contributed by atoms with van der Waals surface area (Å²) in [5, 5.41) is 0.593. The molecule has 0 fully saturated rings. The lowest BCUT2D eigenvalue weighted by atomic mass is 9.71. The Kier molecular flexibility index (Phi) is 5.38. The lowest BCUT2D eigenvalue weighted by molar-refractivity contribution is 0.0147. The molecule has 0 saturated heterocycles. The van der Waals surface area contributed by atoms with Gasteiger partial charge in [-0.15, -0.1) is 0 Å². The van der Waals surface area contributed by atoms with E-state index in [1.165, 1.54) is 5.56 Å². The Balaban J connectivity index is 1.95. The molecule has 2 aromatic rings. The summed E-state index contributed by atoms with van der Waals surface area (Å²) in [6.07, 6.45) is 0.846. The van der Waals surface area contributed by atoms with Gasteiger partial charge in [0.2, 0.25) is 0 Å². The van der Waals surface area contributed by atoms with Gasteiger partial charge in [0.05, 0.1) is 11.1 Å². The molecule has 1 aliphatic carbocycles. The highest BCUT2D eigenvalue weighted by atomic mass is 35.5. The summed E-state index contributed by atoms with van der Waals surface area (Å²) in [6.45, 7) is 8.15. The van der Waals surface area contributed by atoms with E-state index in [9.17, 15) is 4.79 Å². The highest BCUT2D eigenvalue weighted by Crippen LogP contribution is 2.46. The minimum Gasteiger partial charge on any atom is -0.489 e. The minimum absolute atomic E-state index is 0.0719. The van der Waals surface area contributed by atoms with Crippen LogP contribution >= 0.6 is 11.6 Å². The molecule has 4 nitrogen and oxygen atoms in total. The molecule has 2 N–H and O–H groups in total. The monoisotopic (exact) mass is 387 g/mol. The first-order chi connectivity index (χ1) is 12.7. The number of ether oxygens (including phenoxy) is 2. The zero-order valence-corrected chi connectivity index (χ0v) is 17.0. The van der Waals surface area contributed by atoms with Crippen molar-refractivity contribution < 1.29 is 14.3 Å². The quantitative estimate of drug-likeness (QED) is 0.709. The Morgan fingerprint density at radius 1 is 1.19 bits per heavy atom. The normalized spacial score (nSPS) is 18.1. The van der Waals surface area contributed by atoms with Gasteiger partial charge in [0.25, 0.3) is 0 Å². The van der Waals surface area contributed by atoms with Crippen LogP contribution in [0.4, 0.5) is 4.79 Å². The number of aryl methyl sites for hydroxylation is 1. The molecule has 2 aromatic carbocycles. The molecule has 5 heteroatoms. The number of hydrogen-bond acceptors (Lipinski definition) is 3. The van der Waals surface area contributed by atoms with Crippen molar-refractivity contribution in [2.24, 2.45) is 11.1 Å². The average molecular weight is 388 g/mol. The zero-order valence-electron chi connectivity index (χ0n) is 16.2. The molecule has 1 aliphatic rings. The molecule has 1 amide bonds. The SMILES string of the molecule is CC(C)Oc1ccc(-c2ccc3c(c2)CCC(C)(C)[C@H]3OC(N)=O)cc1Cl. The average Bonchev–Trinajstić information content (AvgIpc) is 2.58. The van der Waals surface area contributed by atoms with E-state index in [1.54, 1.807) is 0 Å². The molecule has 3 rings (SSSR count). The topological polar surface area (TPSA) is 61.6 Å². The number of fused-ring (bicyclic) bond motifs is 1. The van der Waals surface area contributed by atoms with Crippen LogP contribution in [0.25, 0.3) is 11.1 Å². The Hall–Kier alpha value is -2.20. The third-order valence-electron chi connectivity index (χ3n) is 5.04. The number of carbonyl (C=O) groups is 1. The van der Waals surface area contributed by atoms with Crippen LogP contribution in [0.5, 0.6) is 5.75 Å². The second-order valence-electron chi connectivity index (χ2n) is 8.03. The van der Waals surface area contributed by atoms with E-state index in [1.807, 2.05) is 44.2 Å². The third kappa shape index (κ3) is 4.22. The summed E-state index contributed by atoms with van der Waals surface area (Å²) in [6, 6.07) is 12.0. The number of amides is 1. The van der Waals surface area contributed by atoms with Crippen molar-refractivity contribution in [3.63, 3.8) is 0 Å². The molecule has 0 unspecified atom stereocenters. The van der Waals surface area contributed by atoms with Crippen molar-refractivity contribution in [2.45, 2.75) is 52.7 Å². The number of hydrogen-bond donors (Lipinski definition) is 1. The van der Waals surface area contributed by atoms with E-state index in [0.29, 0.717) is 10.8 Å². The maximum Gasteiger partial charge on any atom is 0.405 e. The fourth-order valence-corrected chi connectivity index (χ4v) is 3.86. The van der Waals surface area contributed by atoms with Gasteiger partial charge >= 0.3 is 6.09 Å². The number of nitrogens with two attached hydrogens (primary N) is 1. The third-order valence-corrected chi connectivity index (χ3v) is 5.33. The van der Waals surface area contributed by atoms with Crippen molar-refractivity contribution >= 4 is 17.7 Å². The molecule has 0 spiro atoms. The van der Waals surface area contributed by atoms with Crippen molar-refractivity contribution in [2.75, 3.05) is 0 Å². The van der Waals surface area contributed by atoms with Gasteiger partial charge in [-0.05, 0) is 61.1 Å². The fraction of sp³-hybridized carbons (Fsp3) is 0.409. The lowest BCUT2D eigenvalue weighted by Gasteiger charge is -2.39. The van der Waals surface area contributed by atoms with Crippen molar-refractivity contribution in [1.82, 2.24) is 0 Å². The molecule has 0 aromatic heterocycles. The van der Waals surface area contributed by atoms with Crippen LogP contribution in [0.15, 0.2) is 36.4 Å². The van der Waals surface area contributed by atoms with Gasteiger partial charge in [-0.2, -0.15) is 0 Å². The second-order valence-corrected chi connectivity index (χ2v) is 8.44. The van der Waals surface area contributed by atoms with Gasteiger partial charge in [0.1, 0.15) is 11.9 Å². The highest BCUT2D eigenvalue weighted by Gasteiger charge is 2.38. The van der Waals surface area contributed by atoms with E-state index in [-0.39, 0.29) is 17.6 Å². The summed E-state index contributed by atoms with van der Waals surface area (Å²) < 4.78 is 11.2. The highest BCUT2D eigenvalue weighted by molar-refractivity contribution is 6.32. The van der Waals surface area contributed by atoms with Crippen LogP contribution in [0.3, 0.4) is 0 Å². The smallest absolute Gasteiger partial charge is 0.405 e. The van der Waals surface area contributed by atoms with Crippen LogP contribution in [0.2, 0.25) is 5.02 Å². The predicted molar refractivity (Wildman–Crippen MR) is 108 cm³/mol. The molecule has 0 saturated carbocycles. The number of carbonyl (C=O) groups excluding carboxylic acids is 1. The Bertz CT molecular complexity index is 861. The molecule has 27 heavy (non-hydrogen) atoms. The van der Waals surface area contributed by atoms with E-state index >= 15 is 0 Å². The van der Waals surface area contributed by atoms with Gasteiger partial charge in [-0.3, -0.25) is 0 Å². The maximum atomic E-state index is 11.4. The first kappa shape index (κ1) is 19.6. The Morgan fingerprint density at radius 2 is 1.85 bits per heavy atom. The fourth-order valence-electron chi connectivity index (χ4n) is 3.64. The zero-order chi connectivity index (χ0) is 19.8. The van der Waals surface area contributed by atoms with Crippen LogP contribution in [-0.2, 0) is 11.2 Å². The first-order valence-corrected chi connectivity index (χ1v) is 9.60. The molecule has 0 radical (unpaired) electrons. The molecule has 0 heterocycles. The summed E-state index contributed by atoms with van der Waals surface area (Å²) in [4.78, 5) is 11.4. The predicted octanol–water partition coefficient (Wildman–Crippen LogP) is 5.90. The summed E-state index contributed by atoms with van der Waals surface area (Å²) in [5.74, 6) is 0.685. The number of primary amides is 1. The van der Waals surface area contributed by atoms with Gasteiger partial charge in [-0.25, -0.2) is 4.79 Å². The Morgan fingerprint density at radius 3 is 2.48 bits per heavy atom. The van der Waals surface area contributed by atoms with E-state index in [2.05, 4.69) is 19.9 Å². The first-order valence-electron chi connectivity index (χ1n) is 9.23. The lowest BCUT2D eigenvalue weighted by Crippen LogP contribution is -2.33. The van der Waals surface area contributed by atoms with Gasteiger partial charge in [0, 0.05) is 5.41 Å². The number of halogens is 1. The molecule has 0 aliphatic heterocycles. The summed E-state index contributed by atoms with van der Waals surface area (Å²) in [5.41, 5.74) is 9.45. The second kappa shape index (κ2) is 7.43. The molecular formula is C22H26ClNO3.